The van der Waals surface area contributed by atoms with Gasteiger partial charge in [0.1, 0.15) is 0 Å². The minimum atomic E-state index is 0.341. The Kier molecular flexibility index (Phi) is 6.24. The van der Waals surface area contributed by atoms with E-state index in [2.05, 4.69) is 36.5 Å². The second-order valence-electron chi connectivity index (χ2n) is 6.14. The fourth-order valence-corrected chi connectivity index (χ4v) is 2.94. The van der Waals surface area contributed by atoms with E-state index in [-0.39, 0.29) is 0 Å². The van der Waals surface area contributed by atoms with Gasteiger partial charge in [-0.25, -0.2) is 0 Å². The third-order valence-electron chi connectivity index (χ3n) is 4.48. The highest BCUT2D eigenvalue weighted by molar-refractivity contribution is 5.76. The summed E-state index contributed by atoms with van der Waals surface area (Å²) in [5.74, 6) is 0.341. The van der Waals surface area contributed by atoms with Crippen molar-refractivity contribution in [2.24, 2.45) is 0 Å². The minimum Gasteiger partial charge on any atom is -0.343 e. The van der Waals surface area contributed by atoms with E-state index in [1.54, 1.807) is 0 Å². The van der Waals surface area contributed by atoms with Crippen LogP contribution >= 0.6 is 0 Å². The van der Waals surface area contributed by atoms with Gasteiger partial charge in [-0.2, -0.15) is 0 Å². The van der Waals surface area contributed by atoms with Gasteiger partial charge < -0.3 is 10.2 Å². The van der Waals surface area contributed by atoms with Gasteiger partial charge >= 0.3 is 0 Å². The van der Waals surface area contributed by atoms with Crippen LogP contribution in [0.2, 0.25) is 0 Å². The van der Waals surface area contributed by atoms with Crippen LogP contribution in [0.25, 0.3) is 0 Å². The van der Waals surface area contributed by atoms with Crippen LogP contribution in [0.3, 0.4) is 0 Å². The molecule has 1 fully saturated rings. The summed E-state index contributed by atoms with van der Waals surface area (Å²) in [4.78, 5) is 14.2. The summed E-state index contributed by atoms with van der Waals surface area (Å²) >= 11 is 0. The normalized spacial score (nSPS) is 16.2. The molecule has 0 atom stereocenters. The Balaban J connectivity index is 1.62. The Bertz CT molecular complexity index is 433. The summed E-state index contributed by atoms with van der Waals surface area (Å²) in [6.45, 7) is 3.95. The molecule has 21 heavy (non-hydrogen) atoms. The topological polar surface area (TPSA) is 32.3 Å². The average molecular weight is 288 g/mol. The largest absolute Gasteiger partial charge is 0.343 e. The minimum absolute atomic E-state index is 0.341. The first kappa shape index (κ1) is 16.0. The third-order valence-corrected chi connectivity index (χ3v) is 4.48. The number of nitrogens with one attached hydrogen (secondary N) is 1. The number of hydrogen-bond donors (Lipinski definition) is 1. The van der Waals surface area contributed by atoms with Crippen molar-refractivity contribution < 1.29 is 4.79 Å². The van der Waals surface area contributed by atoms with E-state index < -0.39 is 0 Å². The maximum absolute atomic E-state index is 12.2. The van der Waals surface area contributed by atoms with E-state index in [1.165, 1.54) is 11.1 Å². The SMILES string of the molecule is CNC1CCN(C(=O)CCCCc2ccc(C)cc2)CC1. The molecule has 1 heterocycles. The maximum Gasteiger partial charge on any atom is 0.222 e. The number of amides is 1. The lowest BCUT2D eigenvalue weighted by molar-refractivity contribution is -0.132. The van der Waals surface area contributed by atoms with Gasteiger partial charge in [-0.1, -0.05) is 29.8 Å². The quantitative estimate of drug-likeness (QED) is 0.816. The van der Waals surface area contributed by atoms with Gasteiger partial charge in [0.25, 0.3) is 0 Å². The molecular formula is C18H28N2O. The van der Waals surface area contributed by atoms with Crippen molar-refractivity contribution in [1.82, 2.24) is 10.2 Å². The summed E-state index contributed by atoms with van der Waals surface area (Å²) in [5, 5.41) is 3.30. The highest BCUT2D eigenvalue weighted by Gasteiger charge is 2.20. The summed E-state index contributed by atoms with van der Waals surface area (Å²) in [7, 11) is 2.01. The number of unbranched alkanes of at least 4 members (excludes halogenated alkanes) is 1. The second-order valence-corrected chi connectivity index (χ2v) is 6.14. The van der Waals surface area contributed by atoms with Crippen LogP contribution in [0.15, 0.2) is 24.3 Å². The molecule has 116 valence electrons. The number of aryl methyl sites for hydroxylation is 2. The molecule has 3 heteroatoms. The van der Waals surface area contributed by atoms with E-state index in [4.69, 9.17) is 0 Å². The molecule has 1 amide bonds. The summed E-state index contributed by atoms with van der Waals surface area (Å²) in [5.41, 5.74) is 2.68. The third kappa shape index (κ3) is 5.16. The van der Waals surface area contributed by atoms with Crippen molar-refractivity contribution in [3.8, 4) is 0 Å². The first-order valence-electron chi connectivity index (χ1n) is 8.19. The van der Waals surface area contributed by atoms with Crippen molar-refractivity contribution in [2.75, 3.05) is 20.1 Å². The molecule has 1 saturated heterocycles. The van der Waals surface area contributed by atoms with E-state index in [9.17, 15) is 4.79 Å². The van der Waals surface area contributed by atoms with Crippen LogP contribution in [0.4, 0.5) is 0 Å². The monoisotopic (exact) mass is 288 g/mol. The molecule has 1 aliphatic rings. The van der Waals surface area contributed by atoms with E-state index in [0.29, 0.717) is 18.4 Å². The van der Waals surface area contributed by atoms with E-state index in [1.807, 2.05) is 11.9 Å². The molecule has 1 aromatic carbocycles. The first-order valence-corrected chi connectivity index (χ1v) is 8.19. The van der Waals surface area contributed by atoms with Crippen LogP contribution in [-0.4, -0.2) is 37.0 Å². The number of piperidine rings is 1. The number of carbonyl (C=O) groups is 1. The summed E-state index contributed by atoms with van der Waals surface area (Å²) < 4.78 is 0. The predicted molar refractivity (Wildman–Crippen MR) is 87.4 cm³/mol. The molecular weight excluding hydrogens is 260 g/mol. The van der Waals surface area contributed by atoms with Gasteiger partial charge in [0, 0.05) is 25.6 Å². The molecule has 0 saturated carbocycles. The molecule has 0 unspecified atom stereocenters. The zero-order chi connectivity index (χ0) is 15.1. The van der Waals surface area contributed by atoms with Crippen LogP contribution in [0.1, 0.15) is 43.2 Å². The second kappa shape index (κ2) is 8.18. The van der Waals surface area contributed by atoms with Gasteiger partial charge in [0.15, 0.2) is 0 Å². The Morgan fingerprint density at radius 3 is 2.48 bits per heavy atom. The van der Waals surface area contributed by atoms with Crippen molar-refractivity contribution in [3.63, 3.8) is 0 Å². The Morgan fingerprint density at radius 2 is 1.86 bits per heavy atom. The Hall–Kier alpha value is -1.35. The molecule has 0 spiro atoms. The fraction of sp³-hybridized carbons (Fsp3) is 0.611. The van der Waals surface area contributed by atoms with Crippen molar-refractivity contribution in [3.05, 3.63) is 35.4 Å². The Morgan fingerprint density at radius 1 is 1.19 bits per heavy atom. The number of hydrogen-bond acceptors (Lipinski definition) is 2. The van der Waals surface area contributed by atoms with Crippen molar-refractivity contribution in [2.45, 2.75) is 51.5 Å². The van der Waals surface area contributed by atoms with Crippen molar-refractivity contribution >= 4 is 5.91 Å². The standard InChI is InChI=1S/C18H28N2O/c1-15-7-9-16(10-8-15)5-3-4-6-18(21)20-13-11-17(19-2)12-14-20/h7-10,17,19H,3-6,11-14H2,1-2H3. The van der Waals surface area contributed by atoms with Gasteiger partial charge in [-0.05, 0) is 51.6 Å². The summed E-state index contributed by atoms with van der Waals surface area (Å²) in [6.07, 6.45) is 6.06. The zero-order valence-corrected chi connectivity index (χ0v) is 13.4. The predicted octanol–water partition coefficient (Wildman–Crippen LogP) is 2.92. The average Bonchev–Trinajstić information content (AvgIpc) is 2.53. The van der Waals surface area contributed by atoms with Crippen LogP contribution in [-0.2, 0) is 11.2 Å². The van der Waals surface area contributed by atoms with Gasteiger partial charge in [0.2, 0.25) is 5.91 Å². The van der Waals surface area contributed by atoms with Gasteiger partial charge in [-0.15, -0.1) is 0 Å². The number of nitrogens with zero attached hydrogens (tertiary/aromatic N) is 1. The van der Waals surface area contributed by atoms with E-state index in [0.717, 1.165) is 45.2 Å². The molecule has 2 rings (SSSR count). The van der Waals surface area contributed by atoms with Crippen LogP contribution in [0.5, 0.6) is 0 Å². The van der Waals surface area contributed by atoms with Crippen molar-refractivity contribution in [1.29, 1.82) is 0 Å². The summed E-state index contributed by atoms with van der Waals surface area (Å²) in [6, 6.07) is 9.30. The molecule has 0 aromatic heterocycles. The number of likely N-dealkylation sites (tertiary alicyclic amines) is 1. The zero-order valence-electron chi connectivity index (χ0n) is 13.4. The number of rotatable bonds is 6. The number of carbonyl (C=O) groups excluding carboxylic acids is 1. The fourth-order valence-electron chi connectivity index (χ4n) is 2.94. The molecule has 0 aliphatic carbocycles. The molecule has 0 bridgehead atoms. The van der Waals surface area contributed by atoms with E-state index >= 15 is 0 Å². The lowest BCUT2D eigenvalue weighted by Gasteiger charge is -2.31. The van der Waals surface area contributed by atoms with Crippen LogP contribution in [0, 0.1) is 6.92 Å². The molecule has 1 aliphatic heterocycles. The van der Waals surface area contributed by atoms with Crippen LogP contribution < -0.4 is 5.32 Å². The molecule has 3 nitrogen and oxygen atoms in total. The highest BCUT2D eigenvalue weighted by atomic mass is 16.2. The highest BCUT2D eigenvalue weighted by Crippen LogP contribution is 2.13. The molecule has 1 N–H and O–H groups in total. The number of benzene rings is 1. The maximum atomic E-state index is 12.2. The molecule has 0 radical (unpaired) electrons. The lowest BCUT2D eigenvalue weighted by Crippen LogP contribution is -2.43. The first-order chi connectivity index (χ1) is 10.2. The van der Waals surface area contributed by atoms with Gasteiger partial charge in [-0.3, -0.25) is 4.79 Å². The smallest absolute Gasteiger partial charge is 0.222 e. The molecule has 1 aromatic rings. The Labute approximate surface area is 128 Å². The lowest BCUT2D eigenvalue weighted by atomic mass is 10.0. The van der Waals surface area contributed by atoms with Gasteiger partial charge in [0.05, 0.1) is 0 Å².